The first-order chi connectivity index (χ1) is 10.1. The molecule has 1 aliphatic carbocycles. The third-order valence-corrected chi connectivity index (χ3v) is 4.82. The Hall–Kier alpha value is -1.49. The maximum absolute atomic E-state index is 11.5. The molecule has 1 aliphatic rings. The number of carbonyl (C=O) groups is 1. The predicted octanol–water partition coefficient (Wildman–Crippen LogP) is 3.61. The molecule has 5 heteroatoms. The van der Waals surface area contributed by atoms with Gasteiger partial charge in [0.1, 0.15) is 5.82 Å². The van der Waals surface area contributed by atoms with Crippen molar-refractivity contribution in [3.05, 3.63) is 29.6 Å². The van der Waals surface area contributed by atoms with E-state index in [1.165, 1.54) is 12.8 Å². The number of para-hydroxylation sites is 1. The van der Waals surface area contributed by atoms with Crippen molar-refractivity contribution in [3.63, 3.8) is 0 Å². The van der Waals surface area contributed by atoms with Gasteiger partial charge in [0.15, 0.2) is 0 Å². The number of nitrogens with zero attached hydrogens (tertiary/aromatic N) is 2. The number of aromatic nitrogens is 2. The number of hydrogen-bond donors (Lipinski definition) is 1. The summed E-state index contributed by atoms with van der Waals surface area (Å²) < 4.78 is 2.16. The molecule has 4 nitrogen and oxygen atoms in total. The van der Waals surface area contributed by atoms with Crippen LogP contribution < -0.4 is 0 Å². The number of carboxylic acids is 1. The van der Waals surface area contributed by atoms with Gasteiger partial charge in [-0.05, 0) is 42.9 Å². The fraction of sp³-hybridized carbons (Fsp3) is 0.500. The van der Waals surface area contributed by atoms with E-state index in [0.29, 0.717) is 17.4 Å². The molecular formula is C16H20N2O2S. The van der Waals surface area contributed by atoms with Gasteiger partial charge < -0.3 is 9.67 Å². The smallest absolute Gasteiger partial charge is 0.337 e. The van der Waals surface area contributed by atoms with Crippen LogP contribution in [-0.2, 0) is 6.54 Å². The Labute approximate surface area is 128 Å². The maximum Gasteiger partial charge on any atom is 0.337 e. The fourth-order valence-electron chi connectivity index (χ4n) is 2.86. The summed E-state index contributed by atoms with van der Waals surface area (Å²) in [6, 6.07) is 5.38. The average molecular weight is 304 g/mol. The van der Waals surface area contributed by atoms with Crippen molar-refractivity contribution in [3.8, 4) is 0 Å². The molecule has 1 fully saturated rings. The molecule has 0 aliphatic heterocycles. The highest BCUT2D eigenvalue weighted by Crippen LogP contribution is 2.41. The van der Waals surface area contributed by atoms with Crippen molar-refractivity contribution in [2.75, 3.05) is 12.0 Å². The molecule has 1 atom stereocenters. The van der Waals surface area contributed by atoms with Crippen molar-refractivity contribution in [2.24, 2.45) is 5.92 Å². The standard InChI is InChI=1S/C16H20N2O2S/c1-10(9-21-2)8-18-14-12(16(19)20)4-3-5-13(14)17-15(18)11-6-7-11/h3-5,10-11H,6-9H2,1-2H3,(H,19,20). The van der Waals surface area contributed by atoms with Gasteiger partial charge in [-0.3, -0.25) is 0 Å². The van der Waals surface area contributed by atoms with Crippen LogP contribution in [0.1, 0.15) is 41.9 Å². The van der Waals surface area contributed by atoms with Crippen LogP contribution in [0.15, 0.2) is 18.2 Å². The summed E-state index contributed by atoms with van der Waals surface area (Å²) in [6.45, 7) is 3.05. The van der Waals surface area contributed by atoms with E-state index in [0.717, 1.165) is 29.2 Å². The Morgan fingerprint density at radius 1 is 1.52 bits per heavy atom. The highest BCUT2D eigenvalue weighted by atomic mass is 32.2. The quantitative estimate of drug-likeness (QED) is 0.885. The average Bonchev–Trinajstić information content (AvgIpc) is 3.22. The van der Waals surface area contributed by atoms with Crippen molar-refractivity contribution in [1.29, 1.82) is 0 Å². The lowest BCUT2D eigenvalue weighted by atomic mass is 10.1. The topological polar surface area (TPSA) is 55.1 Å². The predicted molar refractivity (Wildman–Crippen MR) is 86.2 cm³/mol. The van der Waals surface area contributed by atoms with Crippen molar-refractivity contribution < 1.29 is 9.90 Å². The van der Waals surface area contributed by atoms with E-state index < -0.39 is 5.97 Å². The van der Waals surface area contributed by atoms with Crippen LogP contribution in [0.4, 0.5) is 0 Å². The van der Waals surface area contributed by atoms with Crippen LogP contribution in [0.5, 0.6) is 0 Å². The van der Waals surface area contributed by atoms with Gasteiger partial charge in [-0.15, -0.1) is 0 Å². The van der Waals surface area contributed by atoms with Gasteiger partial charge in [0.25, 0.3) is 0 Å². The first-order valence-electron chi connectivity index (χ1n) is 7.33. The lowest BCUT2D eigenvalue weighted by Gasteiger charge is -2.15. The van der Waals surface area contributed by atoms with Crippen LogP contribution in [-0.4, -0.2) is 32.6 Å². The minimum Gasteiger partial charge on any atom is -0.478 e. The van der Waals surface area contributed by atoms with Crippen LogP contribution in [0.25, 0.3) is 11.0 Å². The van der Waals surface area contributed by atoms with Gasteiger partial charge in [0, 0.05) is 12.5 Å². The Bertz CT molecular complexity index is 676. The van der Waals surface area contributed by atoms with Crippen molar-refractivity contribution in [2.45, 2.75) is 32.2 Å². The first-order valence-corrected chi connectivity index (χ1v) is 8.72. The van der Waals surface area contributed by atoms with Gasteiger partial charge in [0.2, 0.25) is 0 Å². The van der Waals surface area contributed by atoms with E-state index in [-0.39, 0.29) is 0 Å². The largest absolute Gasteiger partial charge is 0.478 e. The van der Waals surface area contributed by atoms with Crippen LogP contribution in [0, 0.1) is 5.92 Å². The Kier molecular flexibility index (Phi) is 3.93. The van der Waals surface area contributed by atoms with Gasteiger partial charge in [0.05, 0.1) is 16.6 Å². The molecule has 3 rings (SSSR count). The van der Waals surface area contributed by atoms with E-state index in [2.05, 4.69) is 17.7 Å². The summed E-state index contributed by atoms with van der Waals surface area (Å²) in [5.74, 6) is 2.28. The molecule has 1 saturated carbocycles. The molecule has 1 heterocycles. The molecule has 112 valence electrons. The third-order valence-electron chi connectivity index (χ3n) is 3.91. The zero-order valence-electron chi connectivity index (χ0n) is 12.4. The van der Waals surface area contributed by atoms with E-state index in [9.17, 15) is 9.90 Å². The van der Waals surface area contributed by atoms with Gasteiger partial charge in [-0.2, -0.15) is 11.8 Å². The van der Waals surface area contributed by atoms with E-state index in [4.69, 9.17) is 4.98 Å². The van der Waals surface area contributed by atoms with Gasteiger partial charge >= 0.3 is 5.97 Å². The third kappa shape index (κ3) is 2.79. The number of fused-ring (bicyclic) bond motifs is 1. The van der Waals surface area contributed by atoms with Crippen LogP contribution >= 0.6 is 11.8 Å². The molecule has 1 aromatic heterocycles. The molecule has 21 heavy (non-hydrogen) atoms. The number of thioether (sulfide) groups is 1. The summed E-state index contributed by atoms with van der Waals surface area (Å²) in [6.07, 6.45) is 4.44. The minimum atomic E-state index is -0.874. The number of rotatable bonds is 6. The monoisotopic (exact) mass is 304 g/mol. The maximum atomic E-state index is 11.5. The van der Waals surface area contributed by atoms with E-state index in [1.54, 1.807) is 12.1 Å². The van der Waals surface area contributed by atoms with E-state index >= 15 is 0 Å². The normalized spacial score (nSPS) is 16.3. The molecule has 0 spiro atoms. The number of aromatic carboxylic acids is 1. The number of imidazole rings is 1. The Morgan fingerprint density at radius 2 is 2.29 bits per heavy atom. The van der Waals surface area contributed by atoms with E-state index in [1.807, 2.05) is 17.8 Å². The molecule has 2 aromatic rings. The summed E-state index contributed by atoms with van der Waals surface area (Å²) in [4.78, 5) is 16.3. The lowest BCUT2D eigenvalue weighted by molar-refractivity contribution is 0.0698. The van der Waals surface area contributed by atoms with Crippen molar-refractivity contribution in [1.82, 2.24) is 9.55 Å². The zero-order valence-corrected chi connectivity index (χ0v) is 13.2. The second-order valence-corrected chi connectivity index (χ2v) is 6.80. The van der Waals surface area contributed by atoms with Crippen LogP contribution in [0.3, 0.4) is 0 Å². The fourth-order valence-corrected chi connectivity index (χ4v) is 3.54. The zero-order chi connectivity index (χ0) is 15.0. The molecule has 0 radical (unpaired) electrons. The van der Waals surface area contributed by atoms with Gasteiger partial charge in [-0.25, -0.2) is 9.78 Å². The molecule has 1 aromatic carbocycles. The SMILES string of the molecule is CSCC(C)Cn1c(C2CC2)nc2cccc(C(=O)O)c21. The molecule has 1 N–H and O–H groups in total. The minimum absolute atomic E-state index is 0.364. The second kappa shape index (κ2) is 5.72. The summed E-state index contributed by atoms with van der Waals surface area (Å²) in [5, 5.41) is 9.46. The highest BCUT2D eigenvalue weighted by molar-refractivity contribution is 7.98. The van der Waals surface area contributed by atoms with Crippen LogP contribution in [0.2, 0.25) is 0 Å². The molecule has 0 saturated heterocycles. The molecule has 1 unspecified atom stereocenters. The number of carboxylic acid groups (broad SMARTS) is 1. The Morgan fingerprint density at radius 3 is 2.90 bits per heavy atom. The first kappa shape index (κ1) is 14.4. The van der Waals surface area contributed by atoms with Gasteiger partial charge in [-0.1, -0.05) is 13.0 Å². The van der Waals surface area contributed by atoms with Crippen molar-refractivity contribution >= 4 is 28.8 Å². The number of benzene rings is 1. The molecule has 0 amide bonds. The Balaban J connectivity index is 2.12. The molecular weight excluding hydrogens is 284 g/mol. The number of hydrogen-bond acceptors (Lipinski definition) is 3. The summed E-state index contributed by atoms with van der Waals surface area (Å²) >= 11 is 1.83. The summed E-state index contributed by atoms with van der Waals surface area (Å²) in [7, 11) is 0. The lowest BCUT2D eigenvalue weighted by Crippen LogP contribution is -2.13. The second-order valence-electron chi connectivity index (χ2n) is 5.89. The highest BCUT2D eigenvalue weighted by Gasteiger charge is 2.31. The summed E-state index contributed by atoms with van der Waals surface area (Å²) in [5.41, 5.74) is 1.97. The molecule has 0 bridgehead atoms.